The molecule has 19 heavy (non-hydrogen) atoms. The average molecular weight is 265 g/mol. The minimum Gasteiger partial charge on any atom is -0.368 e. The Balaban J connectivity index is 1.69. The molecular formula is C15H27N3O. The van der Waals surface area contributed by atoms with Crippen LogP contribution >= 0.6 is 0 Å². The molecule has 0 radical (unpaired) electrons. The molecule has 4 heteroatoms. The van der Waals surface area contributed by atoms with Crippen LogP contribution in [0.1, 0.15) is 52.4 Å². The number of carbonyl (C=O) groups is 1. The number of hydrogen-bond donors (Lipinski definition) is 2. The number of nitrogens with zero attached hydrogens (tertiary/aromatic N) is 1. The molecule has 4 nitrogen and oxygen atoms in total. The monoisotopic (exact) mass is 265 g/mol. The molecule has 2 bridgehead atoms. The smallest absolute Gasteiger partial charge is 0.237 e. The Morgan fingerprint density at radius 2 is 2.11 bits per heavy atom. The number of nitrogens with two attached hydrogens (primary N) is 1. The van der Waals surface area contributed by atoms with Gasteiger partial charge in [0.25, 0.3) is 0 Å². The van der Waals surface area contributed by atoms with Gasteiger partial charge in [0.1, 0.15) is 0 Å². The molecule has 0 aromatic rings. The maximum Gasteiger partial charge on any atom is 0.237 e. The van der Waals surface area contributed by atoms with Gasteiger partial charge < -0.3 is 11.1 Å². The van der Waals surface area contributed by atoms with E-state index in [0.29, 0.717) is 12.1 Å². The van der Waals surface area contributed by atoms with Gasteiger partial charge in [-0.2, -0.15) is 0 Å². The van der Waals surface area contributed by atoms with Gasteiger partial charge in [-0.05, 0) is 58.3 Å². The third kappa shape index (κ3) is 2.29. The lowest BCUT2D eigenvalue weighted by atomic mass is 9.94. The SMILES string of the molecule is CC(C)NC1(C(N)=O)CCC(N2CC3CCC2C3)C1. The van der Waals surface area contributed by atoms with Gasteiger partial charge in [0, 0.05) is 24.7 Å². The van der Waals surface area contributed by atoms with E-state index < -0.39 is 5.54 Å². The van der Waals surface area contributed by atoms with E-state index in [2.05, 4.69) is 24.1 Å². The Morgan fingerprint density at radius 3 is 2.63 bits per heavy atom. The Morgan fingerprint density at radius 1 is 1.32 bits per heavy atom. The Labute approximate surface area is 116 Å². The van der Waals surface area contributed by atoms with Crippen molar-refractivity contribution in [3.05, 3.63) is 0 Å². The Kier molecular flexibility index (Phi) is 3.34. The van der Waals surface area contributed by atoms with Crippen molar-refractivity contribution in [2.45, 2.75) is 76.0 Å². The third-order valence-electron chi connectivity index (χ3n) is 5.45. The standard InChI is InChI=1S/C15H27N3O/c1-10(2)17-15(14(16)19)6-5-13(8-15)18-9-11-3-4-12(18)7-11/h10-13,17H,3-9H2,1-2H3,(H2,16,19). The molecule has 4 atom stereocenters. The van der Waals surface area contributed by atoms with Gasteiger partial charge in [-0.1, -0.05) is 0 Å². The number of primary amides is 1. The minimum atomic E-state index is -0.458. The molecule has 3 fully saturated rings. The van der Waals surface area contributed by atoms with Crippen LogP contribution in [0.3, 0.4) is 0 Å². The van der Waals surface area contributed by atoms with Gasteiger partial charge in [-0.25, -0.2) is 0 Å². The van der Waals surface area contributed by atoms with Crippen molar-refractivity contribution < 1.29 is 4.79 Å². The van der Waals surface area contributed by atoms with Crippen LogP contribution in [0.25, 0.3) is 0 Å². The number of fused-ring (bicyclic) bond motifs is 2. The van der Waals surface area contributed by atoms with Gasteiger partial charge in [-0.3, -0.25) is 9.69 Å². The van der Waals surface area contributed by atoms with Crippen molar-refractivity contribution in [2.24, 2.45) is 11.7 Å². The predicted octanol–water partition coefficient (Wildman–Crippen LogP) is 1.25. The largest absolute Gasteiger partial charge is 0.368 e. The number of rotatable bonds is 4. The molecule has 0 spiro atoms. The van der Waals surface area contributed by atoms with Crippen molar-refractivity contribution in [3.63, 3.8) is 0 Å². The molecule has 3 aliphatic rings. The molecule has 2 aliphatic carbocycles. The second-order valence-corrected chi connectivity index (χ2v) is 7.17. The molecule has 3 rings (SSSR count). The molecule has 1 aliphatic heterocycles. The number of hydrogen-bond acceptors (Lipinski definition) is 3. The molecular weight excluding hydrogens is 238 g/mol. The van der Waals surface area contributed by atoms with E-state index in [-0.39, 0.29) is 5.91 Å². The normalized spacial score (nSPS) is 42.4. The van der Waals surface area contributed by atoms with Crippen LogP contribution in [-0.4, -0.2) is 41.0 Å². The maximum atomic E-state index is 11.9. The summed E-state index contributed by atoms with van der Waals surface area (Å²) in [7, 11) is 0. The predicted molar refractivity (Wildman–Crippen MR) is 75.7 cm³/mol. The molecule has 2 saturated carbocycles. The zero-order valence-corrected chi connectivity index (χ0v) is 12.2. The Hall–Kier alpha value is -0.610. The van der Waals surface area contributed by atoms with E-state index >= 15 is 0 Å². The molecule has 1 amide bonds. The van der Waals surface area contributed by atoms with Crippen LogP contribution in [0.15, 0.2) is 0 Å². The molecule has 1 saturated heterocycles. The van der Waals surface area contributed by atoms with Crippen LogP contribution in [0.4, 0.5) is 0 Å². The summed E-state index contributed by atoms with van der Waals surface area (Å²) in [5.74, 6) is 0.764. The number of likely N-dealkylation sites (tertiary alicyclic amines) is 1. The fraction of sp³-hybridized carbons (Fsp3) is 0.933. The molecule has 108 valence electrons. The molecule has 0 aromatic heterocycles. The topological polar surface area (TPSA) is 58.4 Å². The second kappa shape index (κ2) is 4.74. The van der Waals surface area contributed by atoms with Crippen LogP contribution in [0.2, 0.25) is 0 Å². The van der Waals surface area contributed by atoms with Crippen LogP contribution in [0.5, 0.6) is 0 Å². The summed E-state index contributed by atoms with van der Waals surface area (Å²) in [5.41, 5.74) is 5.24. The summed E-state index contributed by atoms with van der Waals surface area (Å²) >= 11 is 0. The summed E-state index contributed by atoms with van der Waals surface area (Å²) in [6, 6.07) is 1.66. The van der Waals surface area contributed by atoms with Crippen LogP contribution < -0.4 is 11.1 Å². The number of nitrogens with one attached hydrogen (secondary N) is 1. The number of piperidine rings is 1. The lowest BCUT2D eigenvalue weighted by Crippen LogP contribution is -2.57. The van der Waals surface area contributed by atoms with E-state index in [1.807, 2.05) is 0 Å². The van der Waals surface area contributed by atoms with Crippen LogP contribution in [0, 0.1) is 5.92 Å². The van der Waals surface area contributed by atoms with Crippen molar-refractivity contribution in [1.82, 2.24) is 10.2 Å². The van der Waals surface area contributed by atoms with Gasteiger partial charge in [0.05, 0.1) is 5.54 Å². The first-order valence-corrected chi connectivity index (χ1v) is 7.83. The van der Waals surface area contributed by atoms with Gasteiger partial charge >= 0.3 is 0 Å². The highest BCUT2D eigenvalue weighted by atomic mass is 16.1. The summed E-state index contributed by atoms with van der Waals surface area (Å²) in [6.07, 6.45) is 7.09. The fourth-order valence-corrected chi connectivity index (χ4v) is 4.69. The molecule has 0 aromatic carbocycles. The summed E-state index contributed by atoms with van der Waals surface area (Å²) < 4.78 is 0. The zero-order valence-electron chi connectivity index (χ0n) is 12.2. The lowest BCUT2D eigenvalue weighted by Gasteiger charge is -2.35. The van der Waals surface area contributed by atoms with Crippen molar-refractivity contribution in [2.75, 3.05) is 6.54 Å². The minimum absolute atomic E-state index is 0.159. The molecule has 4 unspecified atom stereocenters. The summed E-state index contributed by atoms with van der Waals surface area (Å²) in [6.45, 7) is 5.44. The highest BCUT2D eigenvalue weighted by Gasteiger charge is 2.49. The average Bonchev–Trinajstić information content (AvgIpc) is 3.01. The van der Waals surface area contributed by atoms with Crippen molar-refractivity contribution >= 4 is 5.91 Å². The quantitative estimate of drug-likeness (QED) is 0.804. The first kappa shape index (κ1) is 13.4. The number of amides is 1. The highest BCUT2D eigenvalue weighted by Crippen LogP contribution is 2.43. The van der Waals surface area contributed by atoms with E-state index in [4.69, 9.17) is 5.73 Å². The molecule has 3 N–H and O–H groups in total. The van der Waals surface area contributed by atoms with E-state index in [9.17, 15) is 4.79 Å². The lowest BCUT2D eigenvalue weighted by molar-refractivity contribution is -0.124. The summed E-state index contributed by atoms with van der Waals surface area (Å²) in [4.78, 5) is 14.6. The van der Waals surface area contributed by atoms with Gasteiger partial charge in [0.15, 0.2) is 0 Å². The van der Waals surface area contributed by atoms with E-state index in [1.54, 1.807) is 0 Å². The fourth-order valence-electron chi connectivity index (χ4n) is 4.69. The van der Waals surface area contributed by atoms with Crippen molar-refractivity contribution in [3.8, 4) is 0 Å². The molecule has 1 heterocycles. The summed E-state index contributed by atoms with van der Waals surface area (Å²) in [5, 5.41) is 3.45. The maximum absolute atomic E-state index is 11.9. The zero-order chi connectivity index (χ0) is 13.6. The van der Waals surface area contributed by atoms with Gasteiger partial charge in [-0.15, -0.1) is 0 Å². The Bertz CT molecular complexity index is 370. The van der Waals surface area contributed by atoms with Crippen molar-refractivity contribution in [1.29, 1.82) is 0 Å². The number of carbonyl (C=O) groups excluding carboxylic acids is 1. The second-order valence-electron chi connectivity index (χ2n) is 7.17. The van der Waals surface area contributed by atoms with E-state index in [0.717, 1.165) is 31.2 Å². The highest BCUT2D eigenvalue weighted by molar-refractivity contribution is 5.85. The third-order valence-corrected chi connectivity index (χ3v) is 5.45. The van der Waals surface area contributed by atoms with E-state index in [1.165, 1.54) is 25.8 Å². The first-order chi connectivity index (χ1) is 9.00. The first-order valence-electron chi connectivity index (χ1n) is 7.83. The van der Waals surface area contributed by atoms with Gasteiger partial charge in [0.2, 0.25) is 5.91 Å². The van der Waals surface area contributed by atoms with Crippen LogP contribution in [-0.2, 0) is 4.79 Å².